The van der Waals surface area contributed by atoms with Gasteiger partial charge in [0.1, 0.15) is 5.78 Å². The smallest absolute Gasteiger partial charge is 0.133 e. The average Bonchev–Trinajstić information content (AvgIpc) is 2.79. The van der Waals surface area contributed by atoms with Crippen molar-refractivity contribution < 1.29 is 20.1 Å². The zero-order valence-electron chi connectivity index (χ0n) is 23.2. The third kappa shape index (κ3) is 3.18. The van der Waals surface area contributed by atoms with Crippen molar-refractivity contribution in [2.45, 2.75) is 106 Å². The van der Waals surface area contributed by atoms with Gasteiger partial charge in [0, 0.05) is 11.3 Å². The van der Waals surface area contributed by atoms with Crippen LogP contribution < -0.4 is 0 Å². The maximum Gasteiger partial charge on any atom is 0.133 e. The van der Waals surface area contributed by atoms with E-state index in [1.807, 2.05) is 13.8 Å². The van der Waals surface area contributed by atoms with Crippen LogP contribution in [0, 0.1) is 63.1 Å². The Hall–Kier alpha value is -0.710. The lowest BCUT2D eigenvalue weighted by Crippen LogP contribution is -2.67. The number of ketones is 1. The van der Waals surface area contributed by atoms with Gasteiger partial charge in [-0.1, -0.05) is 53.2 Å². The molecule has 4 nitrogen and oxygen atoms in total. The van der Waals surface area contributed by atoms with E-state index in [2.05, 4.69) is 40.7 Å². The molecule has 0 saturated heterocycles. The molecule has 0 amide bonds. The second kappa shape index (κ2) is 8.14. The Morgan fingerprint density at radius 3 is 2.37 bits per heavy atom. The van der Waals surface area contributed by atoms with Gasteiger partial charge in [-0.05, 0) is 104 Å². The number of hydrogen-bond acceptors (Lipinski definition) is 4. The van der Waals surface area contributed by atoms with Crippen molar-refractivity contribution in [3.05, 3.63) is 11.6 Å². The van der Waals surface area contributed by atoms with Gasteiger partial charge in [0.05, 0.1) is 18.8 Å². The monoisotopic (exact) mass is 486 g/mol. The number of hydrogen-bond donors (Lipinski definition) is 3. The molecule has 5 rings (SSSR count). The Bertz CT molecular complexity index is 912. The summed E-state index contributed by atoms with van der Waals surface area (Å²) in [5.41, 5.74) is 1.05. The van der Waals surface area contributed by atoms with Gasteiger partial charge in [-0.2, -0.15) is 0 Å². The minimum Gasteiger partial charge on any atom is -0.396 e. The van der Waals surface area contributed by atoms with Crippen molar-refractivity contribution in [3.8, 4) is 0 Å². The van der Waals surface area contributed by atoms with Gasteiger partial charge in [-0.15, -0.1) is 0 Å². The highest BCUT2D eigenvalue weighted by Gasteiger charge is 2.69. The highest BCUT2D eigenvalue weighted by Crippen LogP contribution is 2.74. The van der Waals surface area contributed by atoms with Crippen LogP contribution in [0.2, 0.25) is 0 Å². The molecule has 4 fully saturated rings. The van der Waals surface area contributed by atoms with Gasteiger partial charge in [0.15, 0.2) is 0 Å². The second-order valence-corrected chi connectivity index (χ2v) is 14.7. The van der Waals surface area contributed by atoms with E-state index in [9.17, 15) is 20.1 Å². The average molecular weight is 487 g/mol. The quantitative estimate of drug-likeness (QED) is 0.457. The van der Waals surface area contributed by atoms with Gasteiger partial charge in [-0.3, -0.25) is 4.79 Å². The maximum atomic E-state index is 12.7. The zero-order valence-corrected chi connectivity index (χ0v) is 23.2. The summed E-state index contributed by atoms with van der Waals surface area (Å²) in [5.74, 6) is 3.33. The summed E-state index contributed by atoms with van der Waals surface area (Å²) in [7, 11) is 0. The van der Waals surface area contributed by atoms with Crippen molar-refractivity contribution >= 4 is 5.78 Å². The highest BCUT2D eigenvalue weighted by molar-refractivity contribution is 5.79. The van der Waals surface area contributed by atoms with Crippen molar-refractivity contribution in [3.63, 3.8) is 0 Å². The molecule has 0 aliphatic heterocycles. The molecular weight excluding hydrogens is 436 g/mol. The molecule has 0 aromatic rings. The van der Waals surface area contributed by atoms with Gasteiger partial charge in [0.2, 0.25) is 0 Å². The largest absolute Gasteiger partial charge is 0.396 e. The first-order valence-electron chi connectivity index (χ1n) is 14.4. The molecule has 0 aromatic heterocycles. The highest BCUT2D eigenvalue weighted by atomic mass is 16.3. The normalized spacial score (nSPS) is 57.8. The van der Waals surface area contributed by atoms with E-state index in [0.29, 0.717) is 41.8 Å². The molecule has 5 aliphatic rings. The molecular formula is C31H50O4. The summed E-state index contributed by atoms with van der Waals surface area (Å²) in [4.78, 5) is 12.7. The number of carbonyl (C=O) groups is 1. The van der Waals surface area contributed by atoms with E-state index < -0.39 is 17.6 Å². The minimum absolute atomic E-state index is 0.0845. The lowest BCUT2D eigenvalue weighted by molar-refractivity contribution is -0.242. The van der Waals surface area contributed by atoms with Gasteiger partial charge >= 0.3 is 0 Å². The molecule has 13 atom stereocenters. The molecule has 4 heteroatoms. The topological polar surface area (TPSA) is 77.8 Å². The number of Topliss-reactive ketones (excluding diaryl/α,β-unsaturated/α-hetero) is 1. The van der Waals surface area contributed by atoms with Crippen molar-refractivity contribution in [2.24, 2.45) is 63.1 Å². The maximum absolute atomic E-state index is 12.7. The Morgan fingerprint density at radius 1 is 1.06 bits per heavy atom. The summed E-state index contributed by atoms with van der Waals surface area (Å²) in [5, 5.41) is 32.4. The molecule has 5 aliphatic carbocycles. The Morgan fingerprint density at radius 2 is 1.74 bits per heavy atom. The Balaban J connectivity index is 1.58. The van der Waals surface area contributed by atoms with Crippen molar-refractivity contribution in [1.82, 2.24) is 0 Å². The summed E-state index contributed by atoms with van der Waals surface area (Å²) in [6.07, 6.45) is 7.94. The predicted octanol–water partition coefficient (Wildman–Crippen LogP) is 5.39. The Kier molecular flexibility index (Phi) is 6.03. The van der Waals surface area contributed by atoms with E-state index in [1.54, 1.807) is 5.57 Å². The van der Waals surface area contributed by atoms with E-state index in [4.69, 9.17) is 0 Å². The van der Waals surface area contributed by atoms with Crippen LogP contribution in [0.4, 0.5) is 0 Å². The summed E-state index contributed by atoms with van der Waals surface area (Å²) >= 11 is 0. The molecule has 4 saturated carbocycles. The molecule has 0 aromatic carbocycles. The molecule has 3 N–H and O–H groups in total. The number of allylic oxidation sites excluding steroid dienone is 2. The molecule has 0 radical (unpaired) electrons. The number of rotatable bonds is 2. The van der Waals surface area contributed by atoms with Crippen LogP contribution in [0.15, 0.2) is 11.6 Å². The molecule has 13 unspecified atom stereocenters. The van der Waals surface area contributed by atoms with Gasteiger partial charge < -0.3 is 15.3 Å². The molecule has 0 spiro atoms. The van der Waals surface area contributed by atoms with Crippen LogP contribution in [-0.2, 0) is 4.79 Å². The first-order valence-corrected chi connectivity index (χ1v) is 14.4. The predicted molar refractivity (Wildman–Crippen MR) is 138 cm³/mol. The van der Waals surface area contributed by atoms with E-state index in [1.165, 1.54) is 0 Å². The summed E-state index contributed by atoms with van der Waals surface area (Å²) in [6.45, 7) is 15.9. The fraction of sp³-hybridized carbons (Fsp3) is 0.903. The SMILES string of the molecule is CC(=O)C1CC(C)C(C)C2C3=CCC4C5(C)CC(O)C(O)C(C)(CO)C5CCC4(C)C3(C)CCC12. The van der Waals surface area contributed by atoms with Crippen LogP contribution in [-0.4, -0.2) is 39.9 Å². The van der Waals surface area contributed by atoms with Crippen molar-refractivity contribution in [1.29, 1.82) is 0 Å². The molecule has 0 heterocycles. The summed E-state index contributed by atoms with van der Waals surface area (Å²) in [6, 6.07) is 0. The van der Waals surface area contributed by atoms with Gasteiger partial charge in [-0.25, -0.2) is 0 Å². The second-order valence-electron chi connectivity index (χ2n) is 14.7. The lowest BCUT2D eigenvalue weighted by atomic mass is 9.34. The number of fused-ring (bicyclic) bond motifs is 7. The van der Waals surface area contributed by atoms with Crippen LogP contribution in [0.3, 0.4) is 0 Å². The molecule has 35 heavy (non-hydrogen) atoms. The van der Waals surface area contributed by atoms with Crippen LogP contribution in [0.25, 0.3) is 0 Å². The number of aliphatic hydroxyl groups is 3. The van der Waals surface area contributed by atoms with Crippen LogP contribution in [0.1, 0.15) is 93.4 Å². The van der Waals surface area contributed by atoms with Crippen LogP contribution in [0.5, 0.6) is 0 Å². The van der Waals surface area contributed by atoms with Gasteiger partial charge in [0.25, 0.3) is 0 Å². The van der Waals surface area contributed by atoms with E-state index >= 15 is 0 Å². The molecule has 0 bridgehead atoms. The molecule has 198 valence electrons. The first kappa shape index (κ1) is 25.9. The number of aliphatic hydroxyl groups excluding tert-OH is 3. The fourth-order valence-corrected chi connectivity index (χ4v) is 11.2. The minimum atomic E-state index is -0.872. The van der Waals surface area contributed by atoms with E-state index in [-0.39, 0.29) is 34.7 Å². The third-order valence-corrected chi connectivity index (χ3v) is 13.5. The van der Waals surface area contributed by atoms with Crippen molar-refractivity contribution in [2.75, 3.05) is 6.61 Å². The lowest BCUT2D eigenvalue weighted by Gasteiger charge is -2.71. The first-order chi connectivity index (χ1) is 16.3. The Labute approximate surface area is 213 Å². The third-order valence-electron chi connectivity index (χ3n) is 13.5. The van der Waals surface area contributed by atoms with E-state index in [0.717, 1.165) is 38.5 Å². The fourth-order valence-electron chi connectivity index (χ4n) is 11.2. The summed E-state index contributed by atoms with van der Waals surface area (Å²) < 4.78 is 0. The zero-order chi connectivity index (χ0) is 25.7. The van der Waals surface area contributed by atoms with Crippen LogP contribution >= 0.6 is 0 Å². The standard InChI is InChI=1S/C31H50O4/c1-17-14-21(19(3)33)20-10-12-30(6)22(26(20)18(17)2)8-9-25-28(4)15-23(34)27(35)29(5,16-32)24(28)11-13-31(25,30)7/h8,17-18,20-21,23-27,32,34-35H,9-16H2,1-7H3. The number of carbonyl (C=O) groups excluding carboxylic acids is 1.